The fraction of sp³-hybridized carbons (Fsp3) is 0.308. The summed E-state index contributed by atoms with van der Waals surface area (Å²) in [4.78, 5) is 11.0. The van der Waals surface area contributed by atoms with Gasteiger partial charge in [0.2, 0.25) is 11.7 Å². The van der Waals surface area contributed by atoms with Gasteiger partial charge >= 0.3 is 0 Å². The van der Waals surface area contributed by atoms with E-state index in [4.69, 9.17) is 15.2 Å². The van der Waals surface area contributed by atoms with Crippen LogP contribution in [-0.4, -0.2) is 11.7 Å². The third-order valence-electron chi connectivity index (χ3n) is 2.80. The van der Waals surface area contributed by atoms with Gasteiger partial charge in [-0.05, 0) is 17.0 Å². The lowest BCUT2D eigenvalue weighted by molar-refractivity contribution is -0.117. The van der Waals surface area contributed by atoms with Gasteiger partial charge in [-0.15, -0.1) is 11.3 Å². The zero-order chi connectivity index (χ0) is 12.9. The monoisotopic (exact) mass is 263 g/mol. The number of hydrogen-bond acceptors (Lipinski definition) is 4. The number of fused-ring (bicyclic) bond motifs is 2. The predicted molar refractivity (Wildman–Crippen MR) is 70.1 cm³/mol. The predicted octanol–water partition coefficient (Wildman–Crippen LogP) is 2.44. The Bertz CT molecular complexity index is 645. The van der Waals surface area contributed by atoms with E-state index in [0.717, 1.165) is 27.1 Å². The minimum absolute atomic E-state index is 0.253. The van der Waals surface area contributed by atoms with E-state index in [0.29, 0.717) is 0 Å². The van der Waals surface area contributed by atoms with Crippen molar-refractivity contribution in [1.82, 2.24) is 0 Å². The molecule has 94 valence electrons. The first-order chi connectivity index (χ1) is 8.44. The largest absolute Gasteiger partial charge is 0.449 e. The van der Waals surface area contributed by atoms with Crippen molar-refractivity contribution in [2.75, 3.05) is 0 Å². The van der Waals surface area contributed by atoms with Crippen molar-refractivity contribution in [2.45, 2.75) is 26.1 Å². The normalized spacial score (nSPS) is 16.1. The molecule has 0 spiro atoms. The Morgan fingerprint density at radius 1 is 1.33 bits per heavy atom. The van der Waals surface area contributed by atoms with Crippen LogP contribution in [0.1, 0.15) is 19.4 Å². The molecular formula is C13H13NO3S. The molecule has 0 aliphatic carbocycles. The van der Waals surface area contributed by atoms with Crippen LogP contribution in [-0.2, 0) is 11.2 Å². The highest BCUT2D eigenvalue weighted by molar-refractivity contribution is 7.17. The maximum absolute atomic E-state index is 11.0. The summed E-state index contributed by atoms with van der Waals surface area (Å²) in [6.45, 7) is 3.73. The van der Waals surface area contributed by atoms with Crippen molar-refractivity contribution in [1.29, 1.82) is 0 Å². The Balaban J connectivity index is 2.10. The molecule has 0 saturated carbocycles. The summed E-state index contributed by atoms with van der Waals surface area (Å²) in [6, 6.07) is 3.88. The van der Waals surface area contributed by atoms with E-state index >= 15 is 0 Å². The van der Waals surface area contributed by atoms with Gasteiger partial charge in [0.05, 0.1) is 6.42 Å². The van der Waals surface area contributed by atoms with E-state index in [9.17, 15) is 4.79 Å². The Hall–Kier alpha value is -1.75. The molecule has 0 unspecified atom stereocenters. The highest BCUT2D eigenvalue weighted by atomic mass is 32.1. The molecule has 2 N–H and O–H groups in total. The van der Waals surface area contributed by atoms with Gasteiger partial charge in [0, 0.05) is 30.0 Å². The first kappa shape index (κ1) is 11.3. The molecule has 0 saturated heterocycles. The number of carbonyl (C=O) groups is 1. The minimum atomic E-state index is -0.629. The quantitative estimate of drug-likeness (QED) is 0.905. The van der Waals surface area contributed by atoms with Gasteiger partial charge in [0.25, 0.3) is 0 Å². The Labute approximate surface area is 108 Å². The molecule has 0 bridgehead atoms. The second kappa shape index (κ2) is 3.62. The van der Waals surface area contributed by atoms with E-state index < -0.39 is 5.79 Å². The average Bonchev–Trinajstić information content (AvgIpc) is 2.73. The van der Waals surface area contributed by atoms with E-state index in [-0.39, 0.29) is 12.3 Å². The van der Waals surface area contributed by atoms with Gasteiger partial charge < -0.3 is 15.2 Å². The highest BCUT2D eigenvalue weighted by Gasteiger charge is 2.32. The van der Waals surface area contributed by atoms with Crippen LogP contribution >= 0.6 is 11.3 Å². The second-order valence-corrected chi connectivity index (χ2v) is 5.71. The minimum Gasteiger partial charge on any atom is -0.449 e. The molecule has 1 aromatic heterocycles. The molecule has 18 heavy (non-hydrogen) atoms. The first-order valence-corrected chi connectivity index (χ1v) is 6.53. The number of nitrogens with two attached hydrogens (primary N) is 1. The summed E-state index contributed by atoms with van der Waals surface area (Å²) in [7, 11) is 0. The molecule has 0 radical (unpaired) electrons. The van der Waals surface area contributed by atoms with Crippen LogP contribution < -0.4 is 15.2 Å². The van der Waals surface area contributed by atoms with E-state index in [1.165, 1.54) is 0 Å². The Morgan fingerprint density at radius 2 is 2.00 bits per heavy atom. The molecule has 1 aromatic carbocycles. The number of hydrogen-bond donors (Lipinski definition) is 1. The molecule has 3 rings (SSSR count). The Kier molecular flexibility index (Phi) is 2.28. The number of primary amides is 1. The van der Waals surface area contributed by atoms with Crippen molar-refractivity contribution in [3.05, 3.63) is 23.1 Å². The molecule has 0 fully saturated rings. The highest BCUT2D eigenvalue weighted by Crippen LogP contribution is 2.44. The van der Waals surface area contributed by atoms with Crippen molar-refractivity contribution in [3.63, 3.8) is 0 Å². The molecule has 1 aliphatic heterocycles. The summed E-state index contributed by atoms with van der Waals surface area (Å²) < 4.78 is 12.5. The van der Waals surface area contributed by atoms with Gasteiger partial charge in [-0.25, -0.2) is 0 Å². The lowest BCUT2D eigenvalue weighted by Crippen LogP contribution is -2.29. The second-order valence-electron chi connectivity index (χ2n) is 4.80. The molecular weight excluding hydrogens is 250 g/mol. The van der Waals surface area contributed by atoms with Crippen molar-refractivity contribution >= 4 is 27.3 Å². The van der Waals surface area contributed by atoms with E-state index in [1.54, 1.807) is 11.3 Å². The molecule has 4 nitrogen and oxygen atoms in total. The fourth-order valence-corrected chi connectivity index (χ4v) is 3.09. The van der Waals surface area contributed by atoms with Crippen LogP contribution in [0.25, 0.3) is 10.1 Å². The van der Waals surface area contributed by atoms with Gasteiger partial charge in [-0.3, -0.25) is 4.79 Å². The molecule has 2 heterocycles. The van der Waals surface area contributed by atoms with Crippen LogP contribution in [0.15, 0.2) is 17.5 Å². The molecule has 0 atom stereocenters. The Morgan fingerprint density at radius 3 is 2.67 bits per heavy atom. The van der Waals surface area contributed by atoms with Crippen molar-refractivity contribution < 1.29 is 14.3 Å². The maximum Gasteiger partial charge on any atom is 0.246 e. The topological polar surface area (TPSA) is 61.5 Å². The summed E-state index contributed by atoms with van der Waals surface area (Å²) in [6.07, 6.45) is 0.253. The van der Waals surface area contributed by atoms with Crippen LogP contribution in [0.3, 0.4) is 0 Å². The van der Waals surface area contributed by atoms with Crippen LogP contribution in [0.2, 0.25) is 0 Å². The summed E-state index contributed by atoms with van der Waals surface area (Å²) in [5.41, 5.74) is 6.18. The van der Waals surface area contributed by atoms with Gasteiger partial charge in [-0.1, -0.05) is 0 Å². The van der Waals surface area contributed by atoms with Crippen LogP contribution in [0.4, 0.5) is 0 Å². The maximum atomic E-state index is 11.0. The van der Waals surface area contributed by atoms with Crippen LogP contribution in [0, 0.1) is 0 Å². The van der Waals surface area contributed by atoms with Crippen molar-refractivity contribution in [3.8, 4) is 11.5 Å². The molecule has 1 amide bonds. The third-order valence-corrected chi connectivity index (χ3v) is 3.79. The lowest BCUT2D eigenvalue weighted by atomic mass is 10.1. The van der Waals surface area contributed by atoms with E-state index in [2.05, 4.69) is 0 Å². The summed E-state index contributed by atoms with van der Waals surface area (Å²) in [5.74, 6) is 0.514. The number of amides is 1. The third kappa shape index (κ3) is 1.80. The summed E-state index contributed by atoms with van der Waals surface area (Å²) in [5, 5.41) is 2.97. The van der Waals surface area contributed by atoms with Crippen LogP contribution in [0.5, 0.6) is 11.5 Å². The number of rotatable bonds is 2. The number of carbonyl (C=O) groups excluding carboxylic acids is 1. The van der Waals surface area contributed by atoms with Gasteiger partial charge in [-0.2, -0.15) is 0 Å². The zero-order valence-corrected chi connectivity index (χ0v) is 11.0. The van der Waals surface area contributed by atoms with Gasteiger partial charge in [0.15, 0.2) is 11.5 Å². The number of benzene rings is 1. The average molecular weight is 263 g/mol. The molecule has 1 aliphatic rings. The van der Waals surface area contributed by atoms with Crippen molar-refractivity contribution in [2.24, 2.45) is 5.73 Å². The smallest absolute Gasteiger partial charge is 0.246 e. The molecule has 2 aromatic rings. The fourth-order valence-electron chi connectivity index (χ4n) is 2.12. The van der Waals surface area contributed by atoms with Gasteiger partial charge in [0.1, 0.15) is 0 Å². The number of thiophene rings is 1. The SMILES string of the molecule is CC1(C)Oc2cc3scc(CC(N)=O)c3cc2O1. The molecule has 5 heteroatoms. The first-order valence-electron chi connectivity index (χ1n) is 5.65. The number of ether oxygens (including phenoxy) is 2. The zero-order valence-electron chi connectivity index (χ0n) is 10.1. The lowest BCUT2D eigenvalue weighted by Gasteiger charge is -2.16. The van der Waals surface area contributed by atoms with E-state index in [1.807, 2.05) is 31.4 Å². The summed E-state index contributed by atoms with van der Waals surface area (Å²) >= 11 is 1.58. The standard InChI is InChI=1S/C13H13NO3S/c1-13(2)16-9-4-8-7(3-12(14)15)6-18-11(8)5-10(9)17-13/h4-6H,3H2,1-2H3,(H2,14,15).